The van der Waals surface area contributed by atoms with E-state index in [0.717, 1.165) is 17.4 Å². The van der Waals surface area contributed by atoms with Crippen LogP contribution >= 0.6 is 15.9 Å². The van der Waals surface area contributed by atoms with Gasteiger partial charge in [-0.25, -0.2) is 0 Å². The summed E-state index contributed by atoms with van der Waals surface area (Å²) in [5.74, 6) is 0. The number of aliphatic hydroxyl groups excluding tert-OH is 1. The minimum absolute atomic E-state index is 0.245. The second-order valence-electron chi connectivity index (χ2n) is 3.74. The molecule has 0 unspecified atom stereocenters. The Hall–Kier alpha value is -0.800. The molecular formula is C12H14BrNO. The van der Waals surface area contributed by atoms with Crippen LogP contribution < -0.4 is 0 Å². The first-order chi connectivity index (χ1) is 7.22. The Morgan fingerprint density at radius 3 is 2.93 bits per heavy atom. The number of fused-ring (bicyclic) bond motifs is 1. The molecule has 3 heteroatoms. The van der Waals surface area contributed by atoms with Crippen molar-refractivity contribution < 1.29 is 5.11 Å². The van der Waals surface area contributed by atoms with Gasteiger partial charge in [0.2, 0.25) is 0 Å². The van der Waals surface area contributed by atoms with E-state index in [-0.39, 0.29) is 6.61 Å². The number of hydrogen-bond acceptors (Lipinski definition) is 1. The number of aromatic nitrogens is 1. The molecule has 80 valence electrons. The fraction of sp³-hybridized carbons (Fsp3) is 0.333. The highest BCUT2D eigenvalue weighted by molar-refractivity contribution is 9.10. The van der Waals surface area contributed by atoms with Gasteiger partial charge in [-0.3, -0.25) is 0 Å². The maximum Gasteiger partial charge on any atom is 0.0483 e. The lowest BCUT2D eigenvalue weighted by atomic mass is 10.2. The molecule has 0 saturated carbocycles. The lowest BCUT2D eigenvalue weighted by molar-refractivity contribution is 0.280. The number of hydrogen-bond donors (Lipinski definition) is 1. The van der Waals surface area contributed by atoms with Crippen LogP contribution in [0.2, 0.25) is 0 Å². The largest absolute Gasteiger partial charge is 0.396 e. The van der Waals surface area contributed by atoms with Crippen LogP contribution in [0.4, 0.5) is 0 Å². The summed E-state index contributed by atoms with van der Waals surface area (Å²) in [4.78, 5) is 0. The summed E-state index contributed by atoms with van der Waals surface area (Å²) < 4.78 is 3.31. The maximum absolute atomic E-state index is 8.83. The number of rotatable bonds is 3. The topological polar surface area (TPSA) is 25.2 Å². The molecule has 1 aromatic carbocycles. The number of aryl methyl sites for hydroxylation is 2. The zero-order chi connectivity index (χ0) is 10.8. The third kappa shape index (κ3) is 2.08. The predicted octanol–water partition coefficient (Wildman–Crippen LogP) is 3.09. The Balaban J connectivity index is 2.48. The van der Waals surface area contributed by atoms with Crippen molar-refractivity contribution >= 4 is 26.8 Å². The van der Waals surface area contributed by atoms with Crippen molar-refractivity contribution in [3.05, 3.63) is 34.4 Å². The summed E-state index contributed by atoms with van der Waals surface area (Å²) in [6, 6.07) is 6.31. The summed E-state index contributed by atoms with van der Waals surface area (Å²) in [6.45, 7) is 3.24. The van der Waals surface area contributed by atoms with E-state index in [1.54, 1.807) is 0 Å². The molecule has 1 heterocycles. The molecule has 0 amide bonds. The fourth-order valence-electron chi connectivity index (χ4n) is 1.87. The molecule has 2 aromatic rings. The van der Waals surface area contributed by atoms with Gasteiger partial charge in [0.05, 0.1) is 0 Å². The second-order valence-corrected chi connectivity index (χ2v) is 4.66. The van der Waals surface area contributed by atoms with E-state index >= 15 is 0 Å². The Kier molecular flexibility index (Phi) is 3.12. The smallest absolute Gasteiger partial charge is 0.0483 e. The highest BCUT2D eigenvalue weighted by atomic mass is 79.9. The van der Waals surface area contributed by atoms with Gasteiger partial charge in [-0.05, 0) is 37.1 Å². The van der Waals surface area contributed by atoms with Crippen molar-refractivity contribution in [2.75, 3.05) is 6.61 Å². The molecule has 1 N–H and O–H groups in total. The van der Waals surface area contributed by atoms with Gasteiger partial charge in [0.1, 0.15) is 0 Å². The van der Waals surface area contributed by atoms with Crippen molar-refractivity contribution in [1.82, 2.24) is 4.57 Å². The van der Waals surface area contributed by atoms with Crippen LogP contribution in [-0.2, 0) is 6.54 Å². The van der Waals surface area contributed by atoms with E-state index in [1.165, 1.54) is 16.5 Å². The van der Waals surface area contributed by atoms with Crippen LogP contribution in [0.1, 0.15) is 12.0 Å². The molecule has 0 saturated heterocycles. The molecule has 0 aliphatic carbocycles. The summed E-state index contributed by atoms with van der Waals surface area (Å²) in [5, 5.41) is 10.1. The normalized spacial score (nSPS) is 11.1. The zero-order valence-electron chi connectivity index (χ0n) is 8.70. The van der Waals surface area contributed by atoms with Crippen LogP contribution in [0, 0.1) is 6.92 Å². The van der Waals surface area contributed by atoms with Gasteiger partial charge < -0.3 is 9.67 Å². The molecule has 0 atom stereocenters. The monoisotopic (exact) mass is 267 g/mol. The second kappa shape index (κ2) is 4.37. The van der Waals surface area contributed by atoms with Gasteiger partial charge >= 0.3 is 0 Å². The first-order valence-electron chi connectivity index (χ1n) is 5.08. The molecule has 2 nitrogen and oxygen atoms in total. The van der Waals surface area contributed by atoms with Crippen LogP contribution in [-0.4, -0.2) is 16.3 Å². The molecule has 0 aliphatic heterocycles. The lowest BCUT2D eigenvalue weighted by Crippen LogP contribution is -1.97. The van der Waals surface area contributed by atoms with Crippen LogP contribution in [0.5, 0.6) is 0 Å². The van der Waals surface area contributed by atoms with E-state index in [4.69, 9.17) is 5.11 Å². The van der Waals surface area contributed by atoms with Crippen molar-refractivity contribution in [2.45, 2.75) is 19.9 Å². The molecule has 0 spiro atoms. The highest BCUT2D eigenvalue weighted by Crippen LogP contribution is 2.24. The number of benzene rings is 1. The van der Waals surface area contributed by atoms with E-state index in [2.05, 4.69) is 51.8 Å². The molecule has 0 bridgehead atoms. The fourth-order valence-corrected chi connectivity index (χ4v) is 2.23. The summed E-state index contributed by atoms with van der Waals surface area (Å²) in [6.07, 6.45) is 2.95. The van der Waals surface area contributed by atoms with Crippen LogP contribution in [0.15, 0.2) is 28.9 Å². The lowest BCUT2D eigenvalue weighted by Gasteiger charge is -2.03. The third-order valence-corrected chi connectivity index (χ3v) is 3.09. The Morgan fingerprint density at radius 1 is 1.40 bits per heavy atom. The van der Waals surface area contributed by atoms with E-state index in [9.17, 15) is 0 Å². The van der Waals surface area contributed by atoms with Gasteiger partial charge in [-0.15, -0.1) is 0 Å². The quantitative estimate of drug-likeness (QED) is 0.909. The van der Waals surface area contributed by atoms with E-state index in [0.29, 0.717) is 0 Å². The molecule has 1 aromatic heterocycles. The van der Waals surface area contributed by atoms with Crippen LogP contribution in [0.25, 0.3) is 10.9 Å². The number of aliphatic hydroxyl groups is 1. The standard InChI is InChI=1S/C12H14BrNO/c1-9-8-14(5-2-6-15)12-4-3-10(13)7-11(9)12/h3-4,7-8,15H,2,5-6H2,1H3. The Labute approximate surface area is 97.7 Å². The van der Waals surface area contributed by atoms with E-state index in [1.807, 2.05) is 0 Å². The average Bonchev–Trinajstić information content (AvgIpc) is 2.53. The van der Waals surface area contributed by atoms with Crippen molar-refractivity contribution in [1.29, 1.82) is 0 Å². The van der Waals surface area contributed by atoms with Gasteiger partial charge in [0.15, 0.2) is 0 Å². The van der Waals surface area contributed by atoms with Gasteiger partial charge in [0, 0.05) is 34.7 Å². The van der Waals surface area contributed by atoms with Crippen molar-refractivity contribution in [3.8, 4) is 0 Å². The summed E-state index contributed by atoms with van der Waals surface area (Å²) >= 11 is 3.48. The molecule has 0 aliphatic rings. The van der Waals surface area contributed by atoms with Gasteiger partial charge in [-0.1, -0.05) is 15.9 Å². The Bertz CT molecular complexity index is 476. The van der Waals surface area contributed by atoms with Crippen molar-refractivity contribution in [2.24, 2.45) is 0 Å². The van der Waals surface area contributed by atoms with E-state index < -0.39 is 0 Å². The SMILES string of the molecule is Cc1cn(CCCO)c2ccc(Br)cc12. The summed E-state index contributed by atoms with van der Waals surface area (Å²) in [5.41, 5.74) is 2.52. The minimum atomic E-state index is 0.245. The van der Waals surface area contributed by atoms with Gasteiger partial charge in [-0.2, -0.15) is 0 Å². The molecule has 2 rings (SSSR count). The number of halogens is 1. The minimum Gasteiger partial charge on any atom is -0.396 e. The highest BCUT2D eigenvalue weighted by Gasteiger charge is 2.04. The average molecular weight is 268 g/mol. The molecule has 0 fully saturated rings. The van der Waals surface area contributed by atoms with Gasteiger partial charge in [0.25, 0.3) is 0 Å². The number of nitrogens with zero attached hydrogens (tertiary/aromatic N) is 1. The zero-order valence-corrected chi connectivity index (χ0v) is 10.3. The van der Waals surface area contributed by atoms with Crippen LogP contribution in [0.3, 0.4) is 0 Å². The summed E-state index contributed by atoms with van der Waals surface area (Å²) in [7, 11) is 0. The predicted molar refractivity (Wildman–Crippen MR) is 66.1 cm³/mol. The van der Waals surface area contributed by atoms with Crippen molar-refractivity contribution in [3.63, 3.8) is 0 Å². The molecule has 0 radical (unpaired) electrons. The molecule has 15 heavy (non-hydrogen) atoms. The Morgan fingerprint density at radius 2 is 2.20 bits per heavy atom. The third-order valence-electron chi connectivity index (χ3n) is 2.60. The maximum atomic E-state index is 8.83. The first-order valence-corrected chi connectivity index (χ1v) is 5.87. The molecular weight excluding hydrogens is 254 g/mol. The first kappa shape index (κ1) is 10.7.